The lowest BCUT2D eigenvalue weighted by molar-refractivity contribution is -0.137. The minimum Gasteiger partial charge on any atom is -0.312 e. The van der Waals surface area contributed by atoms with Gasteiger partial charge in [-0.05, 0) is 23.5 Å². The van der Waals surface area contributed by atoms with Crippen molar-refractivity contribution < 1.29 is 13.2 Å². The molecule has 0 aliphatic carbocycles. The summed E-state index contributed by atoms with van der Waals surface area (Å²) in [5.41, 5.74) is 0.245. The molecule has 1 rings (SSSR count). The minimum absolute atomic E-state index is 0.168. The molecule has 0 unspecified atom stereocenters. The van der Waals surface area contributed by atoms with Crippen molar-refractivity contribution in [2.45, 2.75) is 39.9 Å². The third-order valence-electron chi connectivity index (χ3n) is 3.14. The summed E-state index contributed by atoms with van der Waals surface area (Å²) < 4.78 is 37.5. The summed E-state index contributed by atoms with van der Waals surface area (Å²) in [7, 11) is 0. The van der Waals surface area contributed by atoms with E-state index in [1.165, 1.54) is 12.1 Å². The number of benzene rings is 1. The number of halogens is 3. The average molecular weight is 259 g/mol. The second-order valence-electron chi connectivity index (χ2n) is 5.32. The zero-order valence-electron chi connectivity index (χ0n) is 11.1. The molecule has 1 aromatic rings. The first-order valence-electron chi connectivity index (χ1n) is 6.11. The van der Waals surface area contributed by atoms with Crippen LogP contribution in [0.3, 0.4) is 0 Å². The fourth-order valence-electron chi connectivity index (χ4n) is 1.53. The van der Waals surface area contributed by atoms with Gasteiger partial charge in [-0.15, -0.1) is 0 Å². The van der Waals surface area contributed by atoms with Crippen molar-refractivity contribution in [1.82, 2.24) is 5.32 Å². The molecule has 0 aromatic heterocycles. The SMILES string of the molecule is CCC(C)(C)CNCc1cccc(C(F)(F)F)c1. The van der Waals surface area contributed by atoms with Gasteiger partial charge in [0.05, 0.1) is 5.56 Å². The van der Waals surface area contributed by atoms with Crippen LogP contribution >= 0.6 is 0 Å². The molecule has 0 heterocycles. The summed E-state index contributed by atoms with van der Waals surface area (Å²) in [6.07, 6.45) is -3.23. The highest BCUT2D eigenvalue weighted by Crippen LogP contribution is 2.29. The van der Waals surface area contributed by atoms with E-state index < -0.39 is 11.7 Å². The third-order valence-corrected chi connectivity index (χ3v) is 3.14. The molecule has 0 spiro atoms. The Morgan fingerprint density at radius 2 is 1.83 bits per heavy atom. The van der Waals surface area contributed by atoms with E-state index in [9.17, 15) is 13.2 Å². The molecule has 4 heteroatoms. The lowest BCUT2D eigenvalue weighted by Gasteiger charge is -2.23. The van der Waals surface area contributed by atoms with Gasteiger partial charge in [0.2, 0.25) is 0 Å². The molecule has 0 fully saturated rings. The lowest BCUT2D eigenvalue weighted by Crippen LogP contribution is -2.28. The van der Waals surface area contributed by atoms with Crippen LogP contribution in [0, 0.1) is 5.41 Å². The van der Waals surface area contributed by atoms with Crippen molar-refractivity contribution in [3.8, 4) is 0 Å². The van der Waals surface area contributed by atoms with Gasteiger partial charge in [0.25, 0.3) is 0 Å². The van der Waals surface area contributed by atoms with Gasteiger partial charge in [0, 0.05) is 13.1 Å². The number of hydrogen-bond donors (Lipinski definition) is 1. The molecule has 102 valence electrons. The van der Waals surface area contributed by atoms with Gasteiger partial charge in [-0.3, -0.25) is 0 Å². The van der Waals surface area contributed by atoms with Crippen molar-refractivity contribution in [3.05, 3.63) is 35.4 Å². The maximum absolute atomic E-state index is 12.5. The maximum atomic E-state index is 12.5. The van der Waals surface area contributed by atoms with Crippen LogP contribution in [0.15, 0.2) is 24.3 Å². The predicted molar refractivity (Wildman–Crippen MR) is 67.2 cm³/mol. The zero-order chi connectivity index (χ0) is 13.8. The second-order valence-corrected chi connectivity index (χ2v) is 5.32. The zero-order valence-corrected chi connectivity index (χ0v) is 11.1. The van der Waals surface area contributed by atoms with Crippen molar-refractivity contribution >= 4 is 0 Å². The van der Waals surface area contributed by atoms with E-state index in [0.717, 1.165) is 19.0 Å². The van der Waals surface area contributed by atoms with E-state index in [4.69, 9.17) is 0 Å². The van der Waals surface area contributed by atoms with Gasteiger partial charge in [-0.1, -0.05) is 39.0 Å². The first-order valence-corrected chi connectivity index (χ1v) is 6.11. The Hall–Kier alpha value is -1.03. The molecule has 0 radical (unpaired) electrons. The van der Waals surface area contributed by atoms with Gasteiger partial charge in [-0.25, -0.2) is 0 Å². The van der Waals surface area contributed by atoms with Gasteiger partial charge in [0.1, 0.15) is 0 Å². The summed E-state index contributed by atoms with van der Waals surface area (Å²) in [5.74, 6) is 0. The van der Waals surface area contributed by atoms with Crippen LogP contribution < -0.4 is 5.32 Å². The number of hydrogen-bond acceptors (Lipinski definition) is 1. The Kier molecular flexibility index (Phi) is 4.79. The fraction of sp³-hybridized carbons (Fsp3) is 0.571. The van der Waals surface area contributed by atoms with Crippen molar-refractivity contribution in [1.29, 1.82) is 0 Å². The van der Waals surface area contributed by atoms with Gasteiger partial charge >= 0.3 is 6.18 Å². The Bertz CT molecular complexity index is 383. The highest BCUT2D eigenvalue weighted by atomic mass is 19.4. The highest BCUT2D eigenvalue weighted by molar-refractivity contribution is 5.25. The van der Waals surface area contributed by atoms with Crippen LogP contribution in [0.1, 0.15) is 38.3 Å². The fourth-order valence-corrected chi connectivity index (χ4v) is 1.53. The first-order chi connectivity index (χ1) is 8.24. The van der Waals surface area contributed by atoms with Gasteiger partial charge < -0.3 is 5.32 Å². The van der Waals surface area contributed by atoms with Crippen LogP contribution in [-0.2, 0) is 12.7 Å². The molecule has 1 aromatic carbocycles. The number of nitrogens with one attached hydrogen (secondary N) is 1. The summed E-state index contributed by atoms with van der Waals surface area (Å²) in [4.78, 5) is 0. The van der Waals surface area contributed by atoms with E-state index in [-0.39, 0.29) is 5.41 Å². The van der Waals surface area contributed by atoms with E-state index >= 15 is 0 Å². The molecular weight excluding hydrogens is 239 g/mol. The molecular formula is C14H20F3N. The van der Waals surface area contributed by atoms with Gasteiger partial charge in [-0.2, -0.15) is 13.2 Å². The Morgan fingerprint density at radius 3 is 2.39 bits per heavy atom. The molecule has 0 amide bonds. The molecule has 0 saturated carbocycles. The van der Waals surface area contributed by atoms with E-state index in [1.54, 1.807) is 6.07 Å². The molecule has 0 aliphatic rings. The summed E-state index contributed by atoms with van der Waals surface area (Å²) in [5, 5.41) is 3.20. The van der Waals surface area contributed by atoms with Crippen molar-refractivity contribution in [3.63, 3.8) is 0 Å². The smallest absolute Gasteiger partial charge is 0.312 e. The van der Waals surface area contributed by atoms with E-state index in [0.29, 0.717) is 12.1 Å². The minimum atomic E-state index is -4.27. The van der Waals surface area contributed by atoms with Crippen molar-refractivity contribution in [2.75, 3.05) is 6.54 Å². The largest absolute Gasteiger partial charge is 0.416 e. The van der Waals surface area contributed by atoms with Crippen LogP contribution in [0.2, 0.25) is 0 Å². The Labute approximate surface area is 106 Å². The van der Waals surface area contributed by atoms with Crippen LogP contribution in [0.4, 0.5) is 13.2 Å². The Morgan fingerprint density at radius 1 is 1.17 bits per heavy atom. The summed E-state index contributed by atoms with van der Waals surface area (Å²) >= 11 is 0. The maximum Gasteiger partial charge on any atom is 0.416 e. The van der Waals surface area contributed by atoms with Crippen LogP contribution in [0.5, 0.6) is 0 Å². The average Bonchev–Trinajstić information content (AvgIpc) is 2.28. The summed E-state index contributed by atoms with van der Waals surface area (Å²) in [6.45, 7) is 7.62. The molecule has 0 saturated heterocycles. The molecule has 0 aliphatic heterocycles. The quantitative estimate of drug-likeness (QED) is 0.834. The van der Waals surface area contributed by atoms with Crippen LogP contribution in [-0.4, -0.2) is 6.54 Å². The normalized spacial score (nSPS) is 12.8. The number of rotatable bonds is 5. The van der Waals surface area contributed by atoms with Crippen LogP contribution in [0.25, 0.3) is 0 Å². The molecule has 1 nitrogen and oxygen atoms in total. The highest BCUT2D eigenvalue weighted by Gasteiger charge is 2.30. The molecule has 18 heavy (non-hydrogen) atoms. The van der Waals surface area contributed by atoms with E-state index in [1.807, 2.05) is 0 Å². The number of alkyl halides is 3. The van der Waals surface area contributed by atoms with Crippen molar-refractivity contribution in [2.24, 2.45) is 5.41 Å². The molecule has 0 bridgehead atoms. The van der Waals surface area contributed by atoms with Gasteiger partial charge in [0.15, 0.2) is 0 Å². The molecule has 0 atom stereocenters. The summed E-state index contributed by atoms with van der Waals surface area (Å²) in [6, 6.07) is 5.46. The third kappa shape index (κ3) is 4.69. The Balaban J connectivity index is 2.59. The lowest BCUT2D eigenvalue weighted by atomic mass is 9.90. The molecule has 1 N–H and O–H groups in total. The predicted octanol–water partition coefficient (Wildman–Crippen LogP) is 4.23. The standard InChI is InChI=1S/C14H20F3N/c1-4-13(2,3)10-18-9-11-6-5-7-12(8-11)14(15,16)17/h5-8,18H,4,9-10H2,1-3H3. The monoisotopic (exact) mass is 259 g/mol. The second kappa shape index (κ2) is 5.74. The first kappa shape index (κ1) is 15.0. The topological polar surface area (TPSA) is 12.0 Å². The van der Waals surface area contributed by atoms with E-state index in [2.05, 4.69) is 26.1 Å².